The van der Waals surface area contributed by atoms with Crippen LogP contribution in [0.1, 0.15) is 16.1 Å². The van der Waals surface area contributed by atoms with Crippen LogP contribution in [0.2, 0.25) is 5.02 Å². The van der Waals surface area contributed by atoms with Crippen molar-refractivity contribution in [3.8, 4) is 0 Å². The van der Waals surface area contributed by atoms with E-state index in [1.54, 1.807) is 17.8 Å². The van der Waals surface area contributed by atoms with Crippen LogP contribution in [0.25, 0.3) is 0 Å². The van der Waals surface area contributed by atoms with Gasteiger partial charge in [0.2, 0.25) is 0 Å². The predicted octanol–water partition coefficient (Wildman–Crippen LogP) is 4.01. The molecule has 1 aromatic carbocycles. The Morgan fingerprint density at radius 1 is 1.44 bits per heavy atom. The van der Waals surface area contributed by atoms with Crippen LogP contribution in [-0.4, -0.2) is 13.1 Å². The number of methoxy groups -OCH3 is 1. The van der Waals surface area contributed by atoms with E-state index in [1.807, 2.05) is 24.3 Å². The molecule has 0 aliphatic heterocycles. The molecule has 5 heteroatoms. The number of rotatable bonds is 4. The molecule has 0 radical (unpaired) electrons. The molecule has 1 aromatic heterocycles. The molecule has 0 aliphatic rings. The van der Waals surface area contributed by atoms with E-state index in [-0.39, 0.29) is 5.97 Å². The van der Waals surface area contributed by atoms with Gasteiger partial charge in [0.1, 0.15) is 11.3 Å². The summed E-state index contributed by atoms with van der Waals surface area (Å²) < 4.78 is 9.96. The third-order valence-corrected chi connectivity index (χ3v) is 3.55. The van der Waals surface area contributed by atoms with Gasteiger partial charge >= 0.3 is 5.97 Å². The topological polar surface area (TPSA) is 39.4 Å². The van der Waals surface area contributed by atoms with E-state index in [2.05, 4.69) is 4.74 Å². The zero-order chi connectivity index (χ0) is 13.0. The highest BCUT2D eigenvalue weighted by Crippen LogP contribution is 2.27. The maximum absolute atomic E-state index is 11.4. The molecule has 0 spiro atoms. The lowest BCUT2D eigenvalue weighted by molar-refractivity contribution is 0.0598. The van der Waals surface area contributed by atoms with Crippen molar-refractivity contribution in [3.63, 3.8) is 0 Å². The van der Waals surface area contributed by atoms with Gasteiger partial charge in [-0.25, -0.2) is 4.79 Å². The molecule has 18 heavy (non-hydrogen) atoms. The number of carbonyl (C=O) groups excluding carboxylic acids is 1. The largest absolute Gasteiger partial charge is 0.468 e. The lowest BCUT2D eigenvalue weighted by atomic mass is 10.3. The number of hydrogen-bond acceptors (Lipinski definition) is 4. The Hall–Kier alpha value is -1.39. The molecule has 0 fully saturated rings. The summed E-state index contributed by atoms with van der Waals surface area (Å²) in [7, 11) is 1.35. The van der Waals surface area contributed by atoms with Gasteiger partial charge in [-0.3, -0.25) is 0 Å². The fraction of sp³-hybridized carbons (Fsp3) is 0.154. The number of hydrogen-bond donors (Lipinski definition) is 0. The number of thioether (sulfide) groups is 1. The molecule has 0 saturated heterocycles. The summed E-state index contributed by atoms with van der Waals surface area (Å²) in [5.41, 5.74) is 0.465. The molecule has 2 rings (SSSR count). The van der Waals surface area contributed by atoms with E-state index in [1.165, 1.54) is 13.4 Å². The van der Waals surface area contributed by atoms with Crippen LogP contribution in [0.5, 0.6) is 0 Å². The van der Waals surface area contributed by atoms with Gasteiger partial charge in [-0.2, -0.15) is 0 Å². The van der Waals surface area contributed by atoms with Gasteiger partial charge in [0.15, 0.2) is 0 Å². The van der Waals surface area contributed by atoms with Crippen molar-refractivity contribution in [1.29, 1.82) is 0 Å². The van der Waals surface area contributed by atoms with Crippen LogP contribution in [0.15, 0.2) is 45.9 Å². The molecular formula is C13H11ClO3S. The third-order valence-electron chi connectivity index (χ3n) is 2.32. The Balaban J connectivity index is 2.07. The van der Waals surface area contributed by atoms with Crippen molar-refractivity contribution in [2.75, 3.05) is 7.11 Å². The summed E-state index contributed by atoms with van der Waals surface area (Å²) in [6, 6.07) is 9.14. The maximum Gasteiger partial charge on any atom is 0.341 e. The van der Waals surface area contributed by atoms with E-state index in [4.69, 9.17) is 16.0 Å². The Morgan fingerprint density at radius 3 is 3.00 bits per heavy atom. The smallest absolute Gasteiger partial charge is 0.341 e. The molecule has 1 heterocycles. The van der Waals surface area contributed by atoms with Gasteiger partial charge < -0.3 is 9.15 Å². The molecule has 0 bridgehead atoms. The number of carbonyl (C=O) groups is 1. The Bertz CT molecular complexity index is 551. The normalized spacial score (nSPS) is 10.3. The molecule has 94 valence electrons. The van der Waals surface area contributed by atoms with Crippen molar-refractivity contribution >= 4 is 29.3 Å². The van der Waals surface area contributed by atoms with Gasteiger partial charge in [-0.05, 0) is 24.3 Å². The lowest BCUT2D eigenvalue weighted by Gasteiger charge is -2.02. The van der Waals surface area contributed by atoms with Gasteiger partial charge in [0.05, 0.1) is 19.1 Å². The fourth-order valence-corrected chi connectivity index (χ4v) is 2.61. The van der Waals surface area contributed by atoms with Crippen molar-refractivity contribution < 1.29 is 13.9 Å². The summed E-state index contributed by atoms with van der Waals surface area (Å²) in [6.45, 7) is 0. The van der Waals surface area contributed by atoms with Crippen LogP contribution in [0.4, 0.5) is 0 Å². The van der Waals surface area contributed by atoms with Crippen LogP contribution in [0, 0.1) is 0 Å². The quantitative estimate of drug-likeness (QED) is 0.627. The van der Waals surface area contributed by atoms with Crippen LogP contribution >= 0.6 is 23.4 Å². The number of ether oxygens (including phenoxy) is 1. The van der Waals surface area contributed by atoms with Crippen molar-refractivity contribution in [2.45, 2.75) is 10.6 Å². The number of esters is 1. The molecule has 0 amide bonds. The van der Waals surface area contributed by atoms with Gasteiger partial charge in [0.25, 0.3) is 0 Å². The van der Waals surface area contributed by atoms with Gasteiger partial charge in [0, 0.05) is 9.92 Å². The number of benzene rings is 1. The first-order valence-corrected chi connectivity index (χ1v) is 6.60. The molecule has 0 aliphatic carbocycles. The second-order valence-corrected chi connectivity index (χ2v) is 4.98. The second-order valence-electron chi connectivity index (χ2n) is 3.50. The Kier molecular flexibility index (Phi) is 4.33. The molecule has 0 unspecified atom stereocenters. The van der Waals surface area contributed by atoms with Crippen molar-refractivity contribution in [1.82, 2.24) is 0 Å². The highest BCUT2D eigenvalue weighted by atomic mass is 35.5. The second kappa shape index (κ2) is 5.98. The lowest BCUT2D eigenvalue weighted by Crippen LogP contribution is -2.02. The Morgan fingerprint density at radius 2 is 2.28 bits per heavy atom. The SMILES string of the molecule is COC(=O)c1ccoc1CSc1cccc(Cl)c1. The average molecular weight is 283 g/mol. The van der Waals surface area contributed by atoms with E-state index in [0.717, 1.165) is 4.90 Å². The monoisotopic (exact) mass is 282 g/mol. The maximum atomic E-state index is 11.4. The van der Waals surface area contributed by atoms with E-state index >= 15 is 0 Å². The van der Waals surface area contributed by atoms with Crippen LogP contribution in [0.3, 0.4) is 0 Å². The zero-order valence-electron chi connectivity index (χ0n) is 9.68. The highest BCUT2D eigenvalue weighted by molar-refractivity contribution is 7.98. The summed E-state index contributed by atoms with van der Waals surface area (Å²) in [4.78, 5) is 12.5. The first kappa shape index (κ1) is 13.1. The van der Waals surface area contributed by atoms with E-state index in [9.17, 15) is 4.79 Å². The van der Waals surface area contributed by atoms with Crippen LogP contribution in [-0.2, 0) is 10.5 Å². The standard InChI is InChI=1S/C13H11ClO3S/c1-16-13(15)11-5-6-17-12(11)8-18-10-4-2-3-9(14)7-10/h2-7H,8H2,1H3. The summed E-state index contributed by atoms with van der Waals surface area (Å²) >= 11 is 7.45. The molecule has 3 nitrogen and oxygen atoms in total. The van der Waals surface area contributed by atoms with Crippen molar-refractivity contribution in [3.05, 3.63) is 52.9 Å². The zero-order valence-corrected chi connectivity index (χ0v) is 11.3. The van der Waals surface area contributed by atoms with Crippen molar-refractivity contribution in [2.24, 2.45) is 0 Å². The number of furan rings is 1. The van der Waals surface area contributed by atoms with E-state index in [0.29, 0.717) is 22.1 Å². The molecular weight excluding hydrogens is 272 g/mol. The minimum absolute atomic E-state index is 0.384. The van der Waals surface area contributed by atoms with Gasteiger partial charge in [-0.1, -0.05) is 17.7 Å². The molecule has 0 N–H and O–H groups in total. The minimum atomic E-state index is -0.384. The van der Waals surface area contributed by atoms with E-state index < -0.39 is 0 Å². The first-order chi connectivity index (χ1) is 8.70. The summed E-state index contributed by atoms with van der Waals surface area (Å²) in [5.74, 6) is 0.773. The van der Waals surface area contributed by atoms with Crippen LogP contribution < -0.4 is 0 Å². The first-order valence-electron chi connectivity index (χ1n) is 5.24. The highest BCUT2D eigenvalue weighted by Gasteiger charge is 2.14. The molecule has 2 aromatic rings. The van der Waals surface area contributed by atoms with Gasteiger partial charge in [-0.15, -0.1) is 11.8 Å². The predicted molar refractivity (Wildman–Crippen MR) is 71.1 cm³/mol. The molecule has 0 atom stereocenters. The number of halogens is 1. The fourth-order valence-electron chi connectivity index (χ4n) is 1.45. The molecule has 0 saturated carbocycles. The Labute approximate surface area is 114 Å². The minimum Gasteiger partial charge on any atom is -0.468 e. The third kappa shape index (κ3) is 3.09. The summed E-state index contributed by atoms with van der Waals surface area (Å²) in [5, 5.41) is 0.688. The average Bonchev–Trinajstić information content (AvgIpc) is 2.84. The summed E-state index contributed by atoms with van der Waals surface area (Å²) in [6.07, 6.45) is 1.49.